The zero-order chi connectivity index (χ0) is 11.3. The van der Waals surface area contributed by atoms with Crippen molar-refractivity contribution in [2.45, 2.75) is 19.9 Å². The molecule has 0 bridgehead atoms. The Bertz CT molecular complexity index is 247. The van der Waals surface area contributed by atoms with Crippen molar-refractivity contribution >= 4 is 11.9 Å². The van der Waals surface area contributed by atoms with Crippen LogP contribution in [0, 0.1) is 5.92 Å². The van der Waals surface area contributed by atoms with Gasteiger partial charge in [0.2, 0.25) is 0 Å². The lowest BCUT2D eigenvalue weighted by atomic mass is 10.0. The van der Waals surface area contributed by atoms with Crippen molar-refractivity contribution < 1.29 is 19.4 Å². The van der Waals surface area contributed by atoms with Gasteiger partial charge in [-0.05, 0) is 5.92 Å². The second-order valence-corrected chi connectivity index (χ2v) is 3.16. The summed E-state index contributed by atoms with van der Waals surface area (Å²) in [5.74, 6) is -1.97. The highest BCUT2D eigenvalue weighted by atomic mass is 16.5. The van der Waals surface area contributed by atoms with Crippen LogP contribution in [0.4, 0.5) is 0 Å². The van der Waals surface area contributed by atoms with Gasteiger partial charge in [0, 0.05) is 0 Å². The lowest BCUT2D eigenvalue weighted by Crippen LogP contribution is -2.44. The minimum atomic E-state index is -1.07. The van der Waals surface area contributed by atoms with Gasteiger partial charge in [-0.3, -0.25) is 4.79 Å². The molecule has 0 rings (SSSR count). The van der Waals surface area contributed by atoms with E-state index in [9.17, 15) is 9.59 Å². The average molecular weight is 201 g/mol. The summed E-state index contributed by atoms with van der Waals surface area (Å²) in [7, 11) is 1.30. The van der Waals surface area contributed by atoms with Crippen molar-refractivity contribution in [2.75, 3.05) is 7.11 Å². The number of carboxylic acid groups (broad SMARTS) is 1. The zero-order valence-electron chi connectivity index (χ0n) is 8.53. The molecule has 80 valence electrons. The fourth-order valence-electron chi connectivity index (χ4n) is 0.828. The van der Waals surface area contributed by atoms with E-state index in [4.69, 9.17) is 5.11 Å². The molecule has 0 aromatic heterocycles. The topological polar surface area (TPSA) is 75.6 Å². The second-order valence-electron chi connectivity index (χ2n) is 3.16. The van der Waals surface area contributed by atoms with Crippen LogP contribution in [0.2, 0.25) is 0 Å². The highest BCUT2D eigenvalue weighted by molar-refractivity contribution is 5.93. The molecule has 0 aliphatic heterocycles. The largest absolute Gasteiger partial charge is 0.492 e. The Morgan fingerprint density at radius 1 is 1.43 bits per heavy atom. The van der Waals surface area contributed by atoms with Crippen LogP contribution in [0.5, 0.6) is 0 Å². The number of aliphatic carboxylic acids is 1. The van der Waals surface area contributed by atoms with E-state index in [1.54, 1.807) is 13.8 Å². The van der Waals surface area contributed by atoms with Crippen LogP contribution in [0.25, 0.3) is 0 Å². The molecule has 1 amide bonds. The first kappa shape index (κ1) is 12.5. The molecule has 0 saturated carbocycles. The lowest BCUT2D eigenvalue weighted by molar-refractivity contribution is -0.142. The summed E-state index contributed by atoms with van der Waals surface area (Å²) < 4.78 is 4.57. The van der Waals surface area contributed by atoms with Gasteiger partial charge >= 0.3 is 5.97 Å². The standard InChI is InChI=1S/C9H15NO4/c1-5(2)7(9(12)13)10-8(11)6(3)14-4/h5,7H,3H2,1-2,4H3,(H,10,11)(H,12,13). The van der Waals surface area contributed by atoms with E-state index >= 15 is 0 Å². The van der Waals surface area contributed by atoms with E-state index in [1.165, 1.54) is 7.11 Å². The Kier molecular flexibility index (Phi) is 4.69. The lowest BCUT2D eigenvalue weighted by Gasteiger charge is -2.17. The summed E-state index contributed by atoms with van der Waals surface area (Å²) in [6.07, 6.45) is 0. The van der Waals surface area contributed by atoms with E-state index in [0.29, 0.717) is 0 Å². The molecule has 1 unspecified atom stereocenters. The SMILES string of the molecule is C=C(OC)C(=O)NC(C(=O)O)C(C)C. The van der Waals surface area contributed by atoms with Crippen LogP contribution < -0.4 is 5.32 Å². The number of nitrogens with one attached hydrogen (secondary N) is 1. The van der Waals surface area contributed by atoms with Crippen LogP contribution in [-0.2, 0) is 14.3 Å². The number of amides is 1. The van der Waals surface area contributed by atoms with E-state index < -0.39 is 17.9 Å². The van der Waals surface area contributed by atoms with Crippen LogP contribution in [-0.4, -0.2) is 30.1 Å². The number of methoxy groups -OCH3 is 1. The van der Waals surface area contributed by atoms with E-state index in [-0.39, 0.29) is 11.7 Å². The van der Waals surface area contributed by atoms with E-state index in [0.717, 1.165) is 0 Å². The van der Waals surface area contributed by atoms with Gasteiger partial charge < -0.3 is 15.2 Å². The molecular formula is C9H15NO4. The summed E-state index contributed by atoms with van der Waals surface area (Å²) >= 11 is 0. The summed E-state index contributed by atoms with van der Waals surface area (Å²) in [5, 5.41) is 11.1. The summed E-state index contributed by atoms with van der Waals surface area (Å²) in [6, 6.07) is -0.922. The molecule has 2 N–H and O–H groups in total. The van der Waals surface area contributed by atoms with Crippen molar-refractivity contribution in [1.29, 1.82) is 0 Å². The Labute approximate surface area is 82.7 Å². The van der Waals surface area contributed by atoms with Gasteiger partial charge in [-0.25, -0.2) is 4.79 Å². The highest BCUT2D eigenvalue weighted by Gasteiger charge is 2.24. The summed E-state index contributed by atoms with van der Waals surface area (Å²) in [5.41, 5.74) is 0. The smallest absolute Gasteiger partial charge is 0.326 e. The average Bonchev–Trinajstić information content (AvgIpc) is 2.11. The molecule has 0 aliphatic carbocycles. The summed E-state index contributed by atoms with van der Waals surface area (Å²) in [4.78, 5) is 21.9. The maximum absolute atomic E-state index is 11.2. The number of hydrogen-bond acceptors (Lipinski definition) is 3. The summed E-state index contributed by atoms with van der Waals surface area (Å²) in [6.45, 7) is 6.72. The number of carbonyl (C=O) groups is 2. The monoisotopic (exact) mass is 201 g/mol. The first-order chi connectivity index (χ1) is 6.40. The minimum Gasteiger partial charge on any atom is -0.492 e. The zero-order valence-corrected chi connectivity index (χ0v) is 8.53. The molecule has 5 heteroatoms. The van der Waals surface area contributed by atoms with Crippen molar-refractivity contribution in [3.05, 3.63) is 12.3 Å². The van der Waals surface area contributed by atoms with Crippen LogP contribution >= 0.6 is 0 Å². The Morgan fingerprint density at radius 3 is 2.21 bits per heavy atom. The molecule has 1 atom stereocenters. The molecule has 0 heterocycles. The minimum absolute atomic E-state index is 0.100. The van der Waals surface area contributed by atoms with E-state index in [1.807, 2.05) is 0 Å². The first-order valence-electron chi connectivity index (χ1n) is 4.16. The van der Waals surface area contributed by atoms with E-state index in [2.05, 4.69) is 16.6 Å². The van der Waals surface area contributed by atoms with Gasteiger partial charge in [0.1, 0.15) is 6.04 Å². The van der Waals surface area contributed by atoms with Gasteiger partial charge in [-0.15, -0.1) is 0 Å². The fourth-order valence-corrected chi connectivity index (χ4v) is 0.828. The van der Waals surface area contributed by atoms with Crippen LogP contribution in [0.1, 0.15) is 13.8 Å². The quantitative estimate of drug-likeness (QED) is 0.498. The molecule has 0 aromatic carbocycles. The maximum atomic E-state index is 11.2. The number of rotatable bonds is 5. The Balaban J connectivity index is 4.39. The molecule has 0 aliphatic rings. The normalized spacial score (nSPS) is 12.0. The third-order valence-electron chi connectivity index (χ3n) is 1.72. The molecule has 0 fully saturated rings. The third kappa shape index (κ3) is 3.47. The predicted molar refractivity (Wildman–Crippen MR) is 50.6 cm³/mol. The van der Waals surface area contributed by atoms with Gasteiger partial charge in [0.05, 0.1) is 7.11 Å². The number of ether oxygens (including phenoxy) is 1. The van der Waals surface area contributed by atoms with Gasteiger partial charge in [0.25, 0.3) is 5.91 Å². The van der Waals surface area contributed by atoms with Gasteiger partial charge in [0.15, 0.2) is 5.76 Å². The number of hydrogen-bond donors (Lipinski definition) is 2. The second kappa shape index (κ2) is 5.26. The van der Waals surface area contributed by atoms with Crippen molar-refractivity contribution in [3.63, 3.8) is 0 Å². The maximum Gasteiger partial charge on any atom is 0.326 e. The molecule has 0 spiro atoms. The van der Waals surface area contributed by atoms with Gasteiger partial charge in [-0.1, -0.05) is 20.4 Å². The molecule has 0 radical (unpaired) electrons. The Hall–Kier alpha value is -1.52. The van der Waals surface area contributed by atoms with Gasteiger partial charge in [-0.2, -0.15) is 0 Å². The van der Waals surface area contributed by atoms with Crippen molar-refractivity contribution in [2.24, 2.45) is 5.92 Å². The van der Waals surface area contributed by atoms with Crippen molar-refractivity contribution in [1.82, 2.24) is 5.32 Å². The molecule has 5 nitrogen and oxygen atoms in total. The Morgan fingerprint density at radius 2 is 1.93 bits per heavy atom. The predicted octanol–water partition coefficient (Wildman–Crippen LogP) is 0.372. The highest BCUT2D eigenvalue weighted by Crippen LogP contribution is 2.03. The van der Waals surface area contributed by atoms with Crippen LogP contribution in [0.3, 0.4) is 0 Å². The first-order valence-corrected chi connectivity index (χ1v) is 4.16. The molecular weight excluding hydrogens is 186 g/mol. The number of carboxylic acids is 1. The molecule has 14 heavy (non-hydrogen) atoms. The molecule has 0 aromatic rings. The third-order valence-corrected chi connectivity index (χ3v) is 1.72. The fraction of sp³-hybridized carbons (Fsp3) is 0.556. The molecule has 0 saturated heterocycles. The van der Waals surface area contributed by atoms with Crippen molar-refractivity contribution in [3.8, 4) is 0 Å². The number of carbonyl (C=O) groups excluding carboxylic acids is 1. The van der Waals surface area contributed by atoms with Crippen LogP contribution in [0.15, 0.2) is 12.3 Å².